The molecule has 1 saturated heterocycles. The van der Waals surface area contributed by atoms with Crippen LogP contribution in [0.1, 0.15) is 23.6 Å². The minimum atomic E-state index is -1.18. The first-order valence-electron chi connectivity index (χ1n) is 9.85. The van der Waals surface area contributed by atoms with Crippen molar-refractivity contribution in [2.45, 2.75) is 26.3 Å². The van der Waals surface area contributed by atoms with Crippen LogP contribution in [0, 0.1) is 13.8 Å². The Morgan fingerprint density at radius 2 is 1.80 bits per heavy atom. The van der Waals surface area contributed by atoms with Crippen LogP contribution in [-0.2, 0) is 15.1 Å². The Balaban J connectivity index is 1.58. The van der Waals surface area contributed by atoms with Crippen LogP contribution in [0.4, 0.5) is 4.79 Å². The van der Waals surface area contributed by atoms with E-state index in [1.165, 1.54) is 4.90 Å². The molecule has 2 aromatic rings. The summed E-state index contributed by atoms with van der Waals surface area (Å²) >= 11 is 0. The van der Waals surface area contributed by atoms with Gasteiger partial charge in [0.25, 0.3) is 5.91 Å². The van der Waals surface area contributed by atoms with Gasteiger partial charge in [-0.1, -0.05) is 42.0 Å². The van der Waals surface area contributed by atoms with Gasteiger partial charge in [0.1, 0.15) is 24.4 Å². The topological polar surface area (TPSA) is 79.0 Å². The zero-order valence-corrected chi connectivity index (χ0v) is 17.8. The number of benzene rings is 2. The molecule has 1 aliphatic heterocycles. The van der Waals surface area contributed by atoms with Crippen molar-refractivity contribution in [3.05, 3.63) is 65.2 Å². The molecule has 1 fully saturated rings. The number of aryl methyl sites for hydroxylation is 2. The van der Waals surface area contributed by atoms with E-state index < -0.39 is 17.5 Å². The van der Waals surface area contributed by atoms with E-state index in [0.29, 0.717) is 18.7 Å². The summed E-state index contributed by atoms with van der Waals surface area (Å²) in [7, 11) is 1.62. The molecule has 3 rings (SSSR count). The Morgan fingerprint density at radius 1 is 1.10 bits per heavy atom. The Morgan fingerprint density at radius 3 is 2.47 bits per heavy atom. The minimum Gasteiger partial charge on any atom is -0.492 e. The van der Waals surface area contributed by atoms with E-state index in [4.69, 9.17) is 4.74 Å². The molecule has 0 radical (unpaired) electrons. The summed E-state index contributed by atoms with van der Waals surface area (Å²) in [6, 6.07) is 14.5. The van der Waals surface area contributed by atoms with Crippen molar-refractivity contribution in [3.8, 4) is 5.75 Å². The average molecular weight is 409 g/mol. The Kier molecular flexibility index (Phi) is 6.10. The molecule has 1 N–H and O–H groups in total. The van der Waals surface area contributed by atoms with Gasteiger partial charge in [0.2, 0.25) is 5.91 Å². The Labute approximate surface area is 176 Å². The van der Waals surface area contributed by atoms with Crippen molar-refractivity contribution >= 4 is 17.8 Å². The quantitative estimate of drug-likeness (QED) is 0.713. The summed E-state index contributed by atoms with van der Waals surface area (Å²) in [5.41, 5.74) is 1.65. The van der Waals surface area contributed by atoms with Crippen molar-refractivity contribution in [1.29, 1.82) is 0 Å². The molecular weight excluding hydrogens is 382 g/mol. The minimum absolute atomic E-state index is 0.312. The lowest BCUT2D eigenvalue weighted by Crippen LogP contribution is -2.44. The van der Waals surface area contributed by atoms with Crippen LogP contribution in [0.2, 0.25) is 0 Å². The van der Waals surface area contributed by atoms with Crippen LogP contribution in [0.5, 0.6) is 5.75 Å². The fourth-order valence-electron chi connectivity index (χ4n) is 3.31. The maximum Gasteiger partial charge on any atom is 0.325 e. The number of nitrogens with zero attached hydrogens (tertiary/aromatic N) is 2. The molecule has 1 atom stereocenters. The van der Waals surface area contributed by atoms with Crippen molar-refractivity contribution in [1.82, 2.24) is 15.1 Å². The van der Waals surface area contributed by atoms with E-state index in [-0.39, 0.29) is 12.5 Å². The van der Waals surface area contributed by atoms with Crippen LogP contribution < -0.4 is 10.1 Å². The number of carbonyl (C=O) groups is 3. The highest BCUT2D eigenvalue weighted by atomic mass is 16.5. The first kappa shape index (κ1) is 21.4. The number of hydrogen-bond acceptors (Lipinski definition) is 4. The second-order valence-corrected chi connectivity index (χ2v) is 7.79. The number of likely N-dealkylation sites (N-methyl/N-ethyl adjacent to an activating group) is 1. The molecule has 7 heteroatoms. The molecule has 158 valence electrons. The number of amides is 4. The molecule has 4 amide bonds. The highest BCUT2D eigenvalue weighted by Crippen LogP contribution is 2.29. The van der Waals surface area contributed by atoms with Gasteiger partial charge in [-0.05, 0) is 44.0 Å². The largest absolute Gasteiger partial charge is 0.492 e. The maximum atomic E-state index is 13.0. The second-order valence-electron chi connectivity index (χ2n) is 7.79. The predicted molar refractivity (Wildman–Crippen MR) is 113 cm³/mol. The Hall–Kier alpha value is -3.35. The smallest absolute Gasteiger partial charge is 0.325 e. The standard InChI is InChI=1S/C23H27N3O4/c1-16-8-10-18(11-9-16)23(3)21(28)26(22(29)24-23)15-20(27)25(4)12-13-30-19-7-5-6-17(2)14-19/h5-11,14H,12-13,15H2,1-4H3,(H,24,29). The van der Waals surface area contributed by atoms with Crippen LogP contribution in [0.15, 0.2) is 48.5 Å². The van der Waals surface area contributed by atoms with Crippen molar-refractivity contribution in [2.75, 3.05) is 26.7 Å². The monoisotopic (exact) mass is 409 g/mol. The third kappa shape index (κ3) is 4.45. The predicted octanol–water partition coefficient (Wildman–Crippen LogP) is 2.61. The summed E-state index contributed by atoms with van der Waals surface area (Å²) in [5, 5.41) is 2.72. The number of ether oxygens (including phenoxy) is 1. The highest BCUT2D eigenvalue weighted by Gasteiger charge is 2.49. The molecule has 0 saturated carbocycles. The number of imide groups is 1. The van der Waals surface area contributed by atoms with E-state index >= 15 is 0 Å². The lowest BCUT2D eigenvalue weighted by Gasteiger charge is -2.23. The zero-order valence-electron chi connectivity index (χ0n) is 17.8. The van der Waals surface area contributed by atoms with E-state index in [1.54, 1.807) is 14.0 Å². The van der Waals surface area contributed by atoms with E-state index in [9.17, 15) is 14.4 Å². The first-order valence-corrected chi connectivity index (χ1v) is 9.85. The number of carbonyl (C=O) groups excluding carboxylic acids is 3. The highest BCUT2D eigenvalue weighted by molar-refractivity contribution is 6.09. The van der Waals surface area contributed by atoms with Crippen LogP contribution >= 0.6 is 0 Å². The van der Waals surface area contributed by atoms with Crippen LogP contribution in [0.25, 0.3) is 0 Å². The third-order valence-corrected chi connectivity index (χ3v) is 5.31. The van der Waals surface area contributed by atoms with Gasteiger partial charge in [-0.3, -0.25) is 14.5 Å². The lowest BCUT2D eigenvalue weighted by molar-refractivity contribution is -0.138. The van der Waals surface area contributed by atoms with Crippen LogP contribution in [0.3, 0.4) is 0 Å². The molecule has 1 aliphatic rings. The third-order valence-electron chi connectivity index (χ3n) is 5.31. The van der Waals surface area contributed by atoms with Gasteiger partial charge in [-0.25, -0.2) is 4.79 Å². The number of rotatable bonds is 7. The van der Waals surface area contributed by atoms with Gasteiger partial charge in [0, 0.05) is 7.05 Å². The molecule has 0 aromatic heterocycles. The molecular formula is C23H27N3O4. The van der Waals surface area contributed by atoms with E-state index in [1.807, 2.05) is 62.4 Å². The van der Waals surface area contributed by atoms with Gasteiger partial charge < -0.3 is 15.0 Å². The van der Waals surface area contributed by atoms with Crippen LogP contribution in [-0.4, -0.2) is 54.4 Å². The Bertz CT molecular complexity index is 957. The van der Waals surface area contributed by atoms with Gasteiger partial charge in [0.05, 0.1) is 6.54 Å². The average Bonchev–Trinajstić information content (AvgIpc) is 2.92. The zero-order chi connectivity index (χ0) is 21.9. The molecule has 7 nitrogen and oxygen atoms in total. The van der Waals surface area contributed by atoms with E-state index in [2.05, 4.69) is 5.32 Å². The number of urea groups is 1. The second kappa shape index (κ2) is 8.57. The first-order chi connectivity index (χ1) is 14.2. The lowest BCUT2D eigenvalue weighted by atomic mass is 9.91. The van der Waals surface area contributed by atoms with Gasteiger partial charge in [-0.2, -0.15) is 0 Å². The summed E-state index contributed by atoms with van der Waals surface area (Å²) in [6.07, 6.45) is 0. The molecule has 0 aliphatic carbocycles. The maximum absolute atomic E-state index is 13.0. The normalized spacial score (nSPS) is 18.3. The summed E-state index contributed by atoms with van der Waals surface area (Å²) < 4.78 is 5.67. The van der Waals surface area contributed by atoms with Crippen molar-refractivity contribution in [2.24, 2.45) is 0 Å². The van der Waals surface area contributed by atoms with Gasteiger partial charge >= 0.3 is 6.03 Å². The van der Waals surface area contributed by atoms with E-state index in [0.717, 1.165) is 21.8 Å². The summed E-state index contributed by atoms with van der Waals surface area (Å²) in [4.78, 5) is 40.4. The number of hydrogen-bond donors (Lipinski definition) is 1. The fraction of sp³-hybridized carbons (Fsp3) is 0.348. The molecule has 30 heavy (non-hydrogen) atoms. The number of nitrogens with one attached hydrogen (secondary N) is 1. The van der Waals surface area contributed by atoms with Crippen molar-refractivity contribution in [3.63, 3.8) is 0 Å². The SMILES string of the molecule is Cc1ccc(C2(C)NC(=O)N(CC(=O)N(C)CCOc3cccc(C)c3)C2=O)cc1. The van der Waals surface area contributed by atoms with Gasteiger partial charge in [0.15, 0.2) is 0 Å². The summed E-state index contributed by atoms with van der Waals surface area (Å²) in [6.45, 7) is 5.92. The molecule has 2 aromatic carbocycles. The molecule has 0 spiro atoms. The fourth-order valence-corrected chi connectivity index (χ4v) is 3.31. The molecule has 1 unspecified atom stereocenters. The van der Waals surface area contributed by atoms with Crippen molar-refractivity contribution < 1.29 is 19.1 Å². The molecule has 0 bridgehead atoms. The summed E-state index contributed by atoms with van der Waals surface area (Å²) in [5.74, 6) is -0.0348. The molecule has 1 heterocycles. The van der Waals surface area contributed by atoms with Gasteiger partial charge in [-0.15, -0.1) is 0 Å².